The molecular weight excluding hydrogens is 680 g/mol. The van der Waals surface area contributed by atoms with E-state index in [0.717, 1.165) is 8.61 Å². The van der Waals surface area contributed by atoms with Gasteiger partial charge in [0.05, 0.1) is 39.8 Å². The van der Waals surface area contributed by atoms with Crippen molar-refractivity contribution < 1.29 is 31.5 Å². The predicted octanol–water partition coefficient (Wildman–Crippen LogP) is 2.95. The fourth-order valence-corrected chi connectivity index (χ4v) is 7.90. The number of benzene rings is 2. The standard InChI is InChI=1S/C32H37ClN6O7S2/c1-20(19-40)47(43,44)37(4)18-29-30(32(42)39-13-11-36(3)12-14-39)21(2)28(34-29)17-26-25-16-24(9-10-27(25)35-31(26)41)48(45,46)38(5)23-8-6-7-22(33)15-23/h6-10,15-17,34,40H,1,11-14,18-19H2,2-5H3,(H,35,41)/b26-17-. The summed E-state index contributed by atoms with van der Waals surface area (Å²) in [5.74, 6) is -0.777. The Hall–Kier alpha value is -3.99. The Labute approximate surface area is 285 Å². The summed E-state index contributed by atoms with van der Waals surface area (Å²) in [6.07, 6.45) is 1.53. The molecule has 48 heavy (non-hydrogen) atoms. The van der Waals surface area contributed by atoms with Gasteiger partial charge in [0.15, 0.2) is 0 Å². The zero-order valence-electron chi connectivity index (χ0n) is 26.9. The van der Waals surface area contributed by atoms with Gasteiger partial charge in [0, 0.05) is 67.9 Å². The van der Waals surface area contributed by atoms with Gasteiger partial charge in [0.2, 0.25) is 10.0 Å². The Morgan fingerprint density at radius 3 is 2.42 bits per heavy atom. The molecule has 1 aromatic heterocycles. The van der Waals surface area contributed by atoms with Crippen molar-refractivity contribution in [3.63, 3.8) is 0 Å². The maximum atomic E-state index is 13.9. The Kier molecular flexibility index (Phi) is 9.93. The number of carbonyl (C=O) groups is 2. The number of nitrogens with zero attached hydrogens (tertiary/aromatic N) is 4. The first-order chi connectivity index (χ1) is 22.6. The zero-order chi connectivity index (χ0) is 35.1. The first-order valence-corrected chi connectivity index (χ1v) is 18.2. The van der Waals surface area contributed by atoms with E-state index in [1.54, 1.807) is 30.0 Å². The van der Waals surface area contributed by atoms with Crippen molar-refractivity contribution in [2.45, 2.75) is 18.4 Å². The molecule has 5 rings (SSSR count). The Morgan fingerprint density at radius 2 is 1.77 bits per heavy atom. The highest BCUT2D eigenvalue weighted by Crippen LogP contribution is 2.37. The van der Waals surface area contributed by atoms with Gasteiger partial charge in [0.1, 0.15) is 0 Å². The zero-order valence-corrected chi connectivity index (χ0v) is 29.3. The van der Waals surface area contributed by atoms with E-state index in [9.17, 15) is 31.5 Å². The van der Waals surface area contributed by atoms with Crippen LogP contribution in [0, 0.1) is 6.92 Å². The van der Waals surface area contributed by atoms with E-state index in [2.05, 4.69) is 21.8 Å². The summed E-state index contributed by atoms with van der Waals surface area (Å²) in [6, 6.07) is 10.7. The van der Waals surface area contributed by atoms with Crippen LogP contribution in [-0.4, -0.2) is 107 Å². The lowest BCUT2D eigenvalue weighted by molar-refractivity contribution is -0.110. The number of anilines is 2. The molecule has 0 aliphatic carbocycles. The highest BCUT2D eigenvalue weighted by Gasteiger charge is 2.32. The molecular formula is C32H37ClN6O7S2. The number of aromatic nitrogens is 1. The van der Waals surface area contributed by atoms with E-state index >= 15 is 0 Å². The van der Waals surface area contributed by atoms with Crippen molar-refractivity contribution in [1.29, 1.82) is 0 Å². The second kappa shape index (κ2) is 13.5. The number of hydrogen-bond acceptors (Lipinski definition) is 8. The maximum absolute atomic E-state index is 13.9. The van der Waals surface area contributed by atoms with E-state index in [0.29, 0.717) is 59.4 Å². The normalized spacial score (nSPS) is 16.4. The summed E-state index contributed by atoms with van der Waals surface area (Å²) in [6.45, 7) is 6.42. The van der Waals surface area contributed by atoms with Crippen LogP contribution < -0.4 is 9.62 Å². The number of nitrogens with one attached hydrogen (secondary N) is 2. The third-order valence-electron chi connectivity index (χ3n) is 8.60. The Bertz CT molecular complexity index is 2050. The van der Waals surface area contributed by atoms with Crippen molar-refractivity contribution in [3.8, 4) is 0 Å². The number of fused-ring (bicyclic) bond motifs is 1. The molecule has 256 valence electrons. The number of likely N-dealkylation sites (N-methyl/N-ethyl adjacent to an activating group) is 1. The molecule has 0 unspecified atom stereocenters. The number of hydrogen-bond donors (Lipinski definition) is 3. The Morgan fingerprint density at radius 1 is 1.08 bits per heavy atom. The van der Waals surface area contributed by atoms with E-state index in [-0.39, 0.29) is 34.2 Å². The highest BCUT2D eigenvalue weighted by atomic mass is 35.5. The molecule has 0 radical (unpaired) electrons. The summed E-state index contributed by atoms with van der Waals surface area (Å²) < 4.78 is 55.2. The van der Waals surface area contributed by atoms with Gasteiger partial charge in [-0.25, -0.2) is 16.8 Å². The number of H-pyrrole nitrogens is 1. The van der Waals surface area contributed by atoms with Gasteiger partial charge in [-0.2, -0.15) is 4.31 Å². The molecule has 1 fully saturated rings. The van der Waals surface area contributed by atoms with Crippen LogP contribution in [0.5, 0.6) is 0 Å². The molecule has 1 saturated heterocycles. The minimum atomic E-state index is -4.10. The lowest BCUT2D eigenvalue weighted by Gasteiger charge is -2.32. The quantitative estimate of drug-likeness (QED) is 0.270. The van der Waals surface area contributed by atoms with Crippen LogP contribution in [0.1, 0.15) is 32.9 Å². The van der Waals surface area contributed by atoms with Gasteiger partial charge >= 0.3 is 0 Å². The first-order valence-electron chi connectivity index (χ1n) is 14.9. The molecule has 0 atom stereocenters. The predicted molar refractivity (Wildman–Crippen MR) is 186 cm³/mol. The SMILES string of the molecule is C=C(CO)S(=O)(=O)N(C)Cc1[nH]c(/C=C2\C(=O)Nc3ccc(S(=O)(=O)N(C)c4cccc(Cl)c4)cc32)c(C)c1C(=O)N1CCN(C)CC1. The second-order valence-corrected chi connectivity index (χ2v) is 16.3. The number of aliphatic hydroxyl groups is 1. The number of amides is 2. The van der Waals surface area contributed by atoms with E-state index in [4.69, 9.17) is 11.6 Å². The number of aromatic amines is 1. The van der Waals surface area contributed by atoms with Gasteiger partial charge in [-0.1, -0.05) is 24.2 Å². The average Bonchev–Trinajstić information content (AvgIpc) is 3.53. The summed E-state index contributed by atoms with van der Waals surface area (Å²) in [7, 11) is -3.47. The number of aliphatic hydroxyl groups excluding tert-OH is 1. The average molecular weight is 717 g/mol. The van der Waals surface area contributed by atoms with Crippen LogP contribution in [0.4, 0.5) is 11.4 Å². The molecule has 16 heteroatoms. The van der Waals surface area contributed by atoms with E-state index in [1.807, 2.05) is 7.05 Å². The van der Waals surface area contributed by atoms with Crippen LogP contribution in [0.2, 0.25) is 5.02 Å². The van der Waals surface area contributed by atoms with E-state index in [1.165, 1.54) is 44.4 Å². The number of piperazine rings is 1. The van der Waals surface area contributed by atoms with Gasteiger partial charge in [0.25, 0.3) is 21.8 Å². The van der Waals surface area contributed by atoms with Crippen molar-refractivity contribution in [2.24, 2.45) is 0 Å². The lowest BCUT2D eigenvalue weighted by atomic mass is 10.0. The Balaban J connectivity index is 1.57. The topological polar surface area (TPSA) is 163 Å². The molecule has 0 bridgehead atoms. The molecule has 3 N–H and O–H groups in total. The van der Waals surface area contributed by atoms with Gasteiger partial charge in [-0.3, -0.25) is 13.9 Å². The van der Waals surface area contributed by atoms with Crippen LogP contribution in [0.25, 0.3) is 11.6 Å². The smallest absolute Gasteiger partial charge is 0.264 e. The van der Waals surface area contributed by atoms with Crippen LogP contribution in [0.15, 0.2) is 58.8 Å². The van der Waals surface area contributed by atoms with Gasteiger partial charge < -0.3 is 25.2 Å². The van der Waals surface area contributed by atoms with Crippen LogP contribution in [0.3, 0.4) is 0 Å². The summed E-state index contributed by atoms with van der Waals surface area (Å²) >= 11 is 6.09. The lowest BCUT2D eigenvalue weighted by Crippen LogP contribution is -2.47. The molecule has 2 amide bonds. The summed E-state index contributed by atoms with van der Waals surface area (Å²) in [5, 5.41) is 12.6. The largest absolute Gasteiger partial charge is 0.391 e. The van der Waals surface area contributed by atoms with E-state index < -0.39 is 37.5 Å². The van der Waals surface area contributed by atoms with Gasteiger partial charge in [-0.05, 0) is 62.0 Å². The number of rotatable bonds is 10. The second-order valence-electron chi connectivity index (χ2n) is 11.7. The molecule has 0 spiro atoms. The summed E-state index contributed by atoms with van der Waals surface area (Å²) in [5.41, 5.74) is 2.66. The van der Waals surface area contributed by atoms with Crippen molar-refractivity contribution in [1.82, 2.24) is 19.1 Å². The third kappa shape index (κ3) is 6.66. The fraction of sp³-hybridized carbons (Fsp3) is 0.312. The monoisotopic (exact) mass is 716 g/mol. The van der Waals surface area contributed by atoms with Crippen LogP contribution >= 0.6 is 11.6 Å². The fourth-order valence-electron chi connectivity index (χ4n) is 5.59. The third-order valence-corrected chi connectivity index (χ3v) is 12.4. The van der Waals surface area contributed by atoms with Crippen LogP contribution in [-0.2, 0) is 31.4 Å². The van der Waals surface area contributed by atoms with Crippen molar-refractivity contribution >= 4 is 66.5 Å². The van der Waals surface area contributed by atoms with Gasteiger partial charge in [-0.15, -0.1) is 0 Å². The molecule has 2 aliphatic rings. The molecule has 3 heterocycles. The number of halogens is 1. The minimum Gasteiger partial charge on any atom is -0.391 e. The molecule has 13 nitrogen and oxygen atoms in total. The first kappa shape index (κ1) is 35.3. The molecule has 0 saturated carbocycles. The summed E-state index contributed by atoms with van der Waals surface area (Å²) in [4.78, 5) is 33.7. The highest BCUT2D eigenvalue weighted by molar-refractivity contribution is 7.93. The molecule has 2 aliphatic heterocycles. The molecule has 2 aromatic carbocycles. The van der Waals surface area contributed by atoms with Crippen molar-refractivity contribution in [2.75, 3.05) is 63.6 Å². The number of carbonyl (C=O) groups excluding carboxylic acids is 2. The van der Waals surface area contributed by atoms with Crippen molar-refractivity contribution in [3.05, 3.63) is 87.0 Å². The maximum Gasteiger partial charge on any atom is 0.264 e. The minimum absolute atomic E-state index is 0.0584. The molecule has 3 aromatic rings. The number of sulfonamides is 2.